The number of rotatable bonds is 3. The van der Waals surface area contributed by atoms with E-state index in [0.717, 1.165) is 5.56 Å². The van der Waals surface area contributed by atoms with Gasteiger partial charge in [0, 0.05) is 5.56 Å². The molecule has 0 fully saturated rings. The molecule has 4 heteroatoms. The lowest BCUT2D eigenvalue weighted by atomic mass is 10.2. The number of nitrogens with zero attached hydrogens (tertiary/aromatic N) is 1. The zero-order valence-electron chi connectivity index (χ0n) is 12.1. The summed E-state index contributed by atoms with van der Waals surface area (Å²) in [6.45, 7) is 0. The Labute approximate surface area is 132 Å². The van der Waals surface area contributed by atoms with E-state index in [-0.39, 0.29) is 11.6 Å². The Morgan fingerprint density at radius 3 is 1.87 bits per heavy atom. The van der Waals surface area contributed by atoms with E-state index in [1.807, 2.05) is 30.3 Å². The van der Waals surface area contributed by atoms with Gasteiger partial charge >= 0.3 is 0 Å². The molecule has 0 atom stereocenters. The summed E-state index contributed by atoms with van der Waals surface area (Å²) in [5.74, 6) is 0.152. The highest BCUT2D eigenvalue weighted by atomic mass is 19.1. The predicted molar refractivity (Wildman–Crippen MR) is 86.1 cm³/mol. The first-order valence-electron chi connectivity index (χ1n) is 7.04. The van der Waals surface area contributed by atoms with Crippen molar-refractivity contribution in [3.8, 4) is 5.75 Å². The number of halogens is 2. The summed E-state index contributed by atoms with van der Waals surface area (Å²) in [4.78, 5) is 4.42. The average Bonchev–Trinajstić information content (AvgIpc) is 2.59. The first-order valence-corrected chi connectivity index (χ1v) is 7.04. The van der Waals surface area contributed by atoms with Crippen molar-refractivity contribution in [2.75, 3.05) is 0 Å². The number of benzene rings is 3. The van der Waals surface area contributed by atoms with Crippen LogP contribution in [-0.4, -0.2) is 5.90 Å². The molecule has 0 unspecified atom stereocenters. The minimum atomic E-state index is -0.339. The van der Waals surface area contributed by atoms with Crippen LogP contribution in [0.2, 0.25) is 0 Å². The van der Waals surface area contributed by atoms with Crippen LogP contribution in [0.25, 0.3) is 0 Å². The molecule has 0 saturated carbocycles. The van der Waals surface area contributed by atoms with E-state index in [1.54, 1.807) is 12.1 Å². The van der Waals surface area contributed by atoms with Crippen LogP contribution in [0, 0.1) is 11.6 Å². The topological polar surface area (TPSA) is 21.6 Å². The van der Waals surface area contributed by atoms with E-state index in [1.165, 1.54) is 36.4 Å². The molecule has 0 aliphatic heterocycles. The minimum Gasteiger partial charge on any atom is -0.438 e. The van der Waals surface area contributed by atoms with Crippen molar-refractivity contribution in [3.05, 3.63) is 96.1 Å². The van der Waals surface area contributed by atoms with Crippen LogP contribution in [-0.2, 0) is 0 Å². The quantitative estimate of drug-likeness (QED) is 0.486. The minimum absolute atomic E-state index is 0.329. The largest absolute Gasteiger partial charge is 0.438 e. The van der Waals surface area contributed by atoms with Crippen molar-refractivity contribution < 1.29 is 13.5 Å². The highest BCUT2D eigenvalue weighted by molar-refractivity contribution is 5.97. The number of hydrogen-bond acceptors (Lipinski definition) is 2. The lowest BCUT2D eigenvalue weighted by Gasteiger charge is -2.09. The molecule has 3 aromatic carbocycles. The summed E-state index contributed by atoms with van der Waals surface area (Å²) in [5, 5.41) is 0. The maximum absolute atomic E-state index is 13.0. The molecule has 0 aliphatic rings. The van der Waals surface area contributed by atoms with Gasteiger partial charge in [-0.3, -0.25) is 0 Å². The summed E-state index contributed by atoms with van der Waals surface area (Å²) in [7, 11) is 0. The van der Waals surface area contributed by atoms with Crippen LogP contribution in [0.1, 0.15) is 5.56 Å². The molecule has 0 aliphatic carbocycles. The van der Waals surface area contributed by atoms with Gasteiger partial charge < -0.3 is 4.74 Å². The second-order valence-corrected chi connectivity index (χ2v) is 4.82. The molecule has 0 aromatic heterocycles. The van der Waals surface area contributed by atoms with Crippen LogP contribution in [0.3, 0.4) is 0 Å². The van der Waals surface area contributed by atoms with Gasteiger partial charge in [-0.2, -0.15) is 0 Å². The monoisotopic (exact) mass is 309 g/mol. The Morgan fingerprint density at radius 2 is 1.26 bits per heavy atom. The Balaban J connectivity index is 1.96. The van der Waals surface area contributed by atoms with Gasteiger partial charge in [0.25, 0.3) is 0 Å². The molecule has 0 radical (unpaired) electrons. The molecule has 114 valence electrons. The van der Waals surface area contributed by atoms with Crippen LogP contribution >= 0.6 is 0 Å². The van der Waals surface area contributed by atoms with E-state index >= 15 is 0 Å². The summed E-state index contributed by atoms with van der Waals surface area (Å²) in [6, 6.07) is 20.8. The van der Waals surface area contributed by atoms with Crippen LogP contribution < -0.4 is 4.74 Å². The predicted octanol–water partition coefficient (Wildman–Crippen LogP) is 5.12. The molecule has 0 bridgehead atoms. The summed E-state index contributed by atoms with van der Waals surface area (Å²) >= 11 is 0. The maximum Gasteiger partial charge on any atom is 0.227 e. The summed E-state index contributed by atoms with van der Waals surface area (Å²) in [5.41, 5.74) is 1.33. The van der Waals surface area contributed by atoms with Crippen LogP contribution in [0.15, 0.2) is 83.9 Å². The number of hydrogen-bond donors (Lipinski definition) is 0. The average molecular weight is 309 g/mol. The molecule has 0 N–H and O–H groups in total. The smallest absolute Gasteiger partial charge is 0.227 e. The summed E-state index contributed by atoms with van der Waals surface area (Å²) < 4.78 is 31.8. The fourth-order valence-electron chi connectivity index (χ4n) is 1.97. The van der Waals surface area contributed by atoms with Crippen molar-refractivity contribution in [1.82, 2.24) is 0 Å². The van der Waals surface area contributed by atoms with Crippen molar-refractivity contribution in [2.24, 2.45) is 4.99 Å². The van der Waals surface area contributed by atoms with Gasteiger partial charge in [0.05, 0.1) is 5.69 Å². The number of ether oxygens (including phenoxy) is 1. The number of aliphatic imine (C=N–C) groups is 1. The molecular weight excluding hydrogens is 296 g/mol. The van der Waals surface area contributed by atoms with Gasteiger partial charge in [0.1, 0.15) is 17.4 Å². The van der Waals surface area contributed by atoms with E-state index in [9.17, 15) is 8.78 Å². The van der Waals surface area contributed by atoms with Crippen molar-refractivity contribution in [3.63, 3.8) is 0 Å². The molecule has 0 heterocycles. The highest BCUT2D eigenvalue weighted by Gasteiger charge is 2.07. The summed E-state index contributed by atoms with van der Waals surface area (Å²) in [6.07, 6.45) is 0. The van der Waals surface area contributed by atoms with Crippen LogP contribution in [0.5, 0.6) is 5.75 Å². The van der Waals surface area contributed by atoms with E-state index < -0.39 is 0 Å². The molecule has 0 saturated heterocycles. The lowest BCUT2D eigenvalue weighted by Crippen LogP contribution is -2.10. The zero-order chi connectivity index (χ0) is 16.1. The second-order valence-electron chi connectivity index (χ2n) is 4.82. The van der Waals surface area contributed by atoms with E-state index in [2.05, 4.69) is 4.99 Å². The highest BCUT2D eigenvalue weighted by Crippen LogP contribution is 2.18. The Kier molecular flexibility index (Phi) is 4.43. The van der Waals surface area contributed by atoms with Gasteiger partial charge in [-0.25, -0.2) is 13.8 Å². The molecule has 3 rings (SSSR count). The van der Waals surface area contributed by atoms with Crippen molar-refractivity contribution in [1.29, 1.82) is 0 Å². The third-order valence-corrected chi connectivity index (χ3v) is 3.11. The molecule has 0 spiro atoms. The maximum atomic E-state index is 13.0. The molecule has 3 aromatic rings. The van der Waals surface area contributed by atoms with Gasteiger partial charge in [-0.15, -0.1) is 0 Å². The Morgan fingerprint density at radius 1 is 0.696 bits per heavy atom. The van der Waals surface area contributed by atoms with Crippen molar-refractivity contribution in [2.45, 2.75) is 0 Å². The third-order valence-electron chi connectivity index (χ3n) is 3.11. The Hall–Kier alpha value is -3.01. The standard InChI is InChI=1S/C19H13F2NO/c20-15-6-10-17(11-7-15)22-19(14-4-2-1-3-5-14)23-18-12-8-16(21)9-13-18/h1-13H. The lowest BCUT2D eigenvalue weighted by molar-refractivity contribution is 0.548. The fraction of sp³-hybridized carbons (Fsp3) is 0. The first kappa shape index (κ1) is 14.9. The molecule has 2 nitrogen and oxygen atoms in total. The van der Waals surface area contributed by atoms with E-state index in [4.69, 9.17) is 4.74 Å². The van der Waals surface area contributed by atoms with Gasteiger partial charge in [-0.05, 0) is 60.7 Å². The van der Waals surface area contributed by atoms with Crippen molar-refractivity contribution >= 4 is 11.6 Å². The Bertz CT molecular complexity index is 797. The first-order chi connectivity index (χ1) is 11.2. The molecular formula is C19H13F2NO. The van der Waals surface area contributed by atoms with Gasteiger partial charge in [0.15, 0.2) is 0 Å². The SMILES string of the molecule is Fc1ccc(N=C(Oc2ccc(F)cc2)c2ccccc2)cc1. The fourth-order valence-corrected chi connectivity index (χ4v) is 1.97. The normalized spacial score (nSPS) is 11.3. The van der Waals surface area contributed by atoms with Crippen LogP contribution in [0.4, 0.5) is 14.5 Å². The van der Waals surface area contributed by atoms with Gasteiger partial charge in [0.2, 0.25) is 5.90 Å². The third kappa shape index (κ3) is 4.01. The molecule has 0 amide bonds. The molecule has 23 heavy (non-hydrogen) atoms. The van der Waals surface area contributed by atoms with Gasteiger partial charge in [-0.1, -0.05) is 18.2 Å². The second kappa shape index (κ2) is 6.83. The zero-order valence-corrected chi connectivity index (χ0v) is 12.1. The van der Waals surface area contributed by atoms with E-state index in [0.29, 0.717) is 17.3 Å².